The van der Waals surface area contributed by atoms with Crippen molar-refractivity contribution in [2.45, 2.75) is 25.7 Å². The molecule has 1 saturated carbocycles. The summed E-state index contributed by atoms with van der Waals surface area (Å²) in [5.41, 5.74) is 4.75. The van der Waals surface area contributed by atoms with Crippen LogP contribution >= 0.6 is 12.4 Å². The van der Waals surface area contributed by atoms with Crippen LogP contribution in [0.4, 0.5) is 0 Å². The van der Waals surface area contributed by atoms with Gasteiger partial charge in [-0.3, -0.25) is 4.79 Å². The Morgan fingerprint density at radius 1 is 1.42 bits per heavy atom. The lowest BCUT2D eigenvalue weighted by atomic mass is 9.91. The highest BCUT2D eigenvalue weighted by Gasteiger charge is 2.61. The molecule has 0 heterocycles. The molecular formula is C15H23ClN2O. The summed E-state index contributed by atoms with van der Waals surface area (Å²) in [6.45, 7) is 4.98. The first-order chi connectivity index (χ1) is 10.8. The van der Waals surface area contributed by atoms with Crippen LogP contribution in [0.25, 0.3) is 0 Å². The van der Waals surface area contributed by atoms with E-state index in [0.29, 0.717) is 19.5 Å². The van der Waals surface area contributed by atoms with Crippen molar-refractivity contribution in [1.82, 2.24) is 4.90 Å². The van der Waals surface area contributed by atoms with E-state index in [1.54, 1.807) is 4.90 Å². The van der Waals surface area contributed by atoms with E-state index < -0.39 is 23.5 Å². The fourth-order valence-electron chi connectivity index (χ4n) is 2.56. The summed E-state index contributed by atoms with van der Waals surface area (Å²) >= 11 is 0. The third-order valence-corrected chi connectivity index (χ3v) is 3.77. The van der Waals surface area contributed by atoms with Gasteiger partial charge in [0.15, 0.2) is 0 Å². The zero-order valence-corrected chi connectivity index (χ0v) is 12.1. The molecule has 0 saturated heterocycles. The first-order valence-electron chi connectivity index (χ1n) is 8.84. The average Bonchev–Trinajstić information content (AvgIpc) is 3.27. The van der Waals surface area contributed by atoms with Crippen LogP contribution in [0.2, 0.25) is 0 Å². The minimum Gasteiger partial charge on any atom is -0.342 e. The van der Waals surface area contributed by atoms with Gasteiger partial charge < -0.3 is 10.6 Å². The molecule has 106 valence electrons. The van der Waals surface area contributed by atoms with Gasteiger partial charge in [-0.2, -0.15) is 0 Å². The number of amides is 1. The number of nitrogens with two attached hydrogens (primary N) is 1. The summed E-state index contributed by atoms with van der Waals surface area (Å²) in [5.74, 6) is -0.393. The van der Waals surface area contributed by atoms with Gasteiger partial charge in [0.25, 0.3) is 0 Å². The highest BCUT2D eigenvalue weighted by atomic mass is 35.5. The molecule has 2 N–H and O–H groups in total. The number of nitrogens with zero attached hydrogens (tertiary/aromatic N) is 1. The van der Waals surface area contributed by atoms with E-state index in [9.17, 15) is 4.79 Å². The largest absolute Gasteiger partial charge is 0.342 e. The molecule has 2 rings (SSSR count). The van der Waals surface area contributed by atoms with Crippen molar-refractivity contribution in [3.8, 4) is 0 Å². The third-order valence-electron chi connectivity index (χ3n) is 3.77. The van der Waals surface area contributed by atoms with E-state index >= 15 is 0 Å². The van der Waals surface area contributed by atoms with Crippen LogP contribution in [-0.4, -0.2) is 30.4 Å². The quantitative estimate of drug-likeness (QED) is 0.902. The monoisotopic (exact) mass is 287 g/mol. The predicted molar refractivity (Wildman–Crippen MR) is 80.5 cm³/mol. The number of halogens is 1. The second-order valence-electron chi connectivity index (χ2n) is 4.59. The van der Waals surface area contributed by atoms with Gasteiger partial charge >= 0.3 is 0 Å². The van der Waals surface area contributed by atoms with Gasteiger partial charge in [0.05, 0.1) is 12.3 Å². The van der Waals surface area contributed by atoms with Crippen molar-refractivity contribution in [3.63, 3.8) is 0 Å². The molecular weight excluding hydrogens is 260 g/mol. The summed E-state index contributed by atoms with van der Waals surface area (Å²) in [5, 5.41) is 0. The zero-order valence-electron chi connectivity index (χ0n) is 16.2. The van der Waals surface area contributed by atoms with Crippen molar-refractivity contribution in [2.75, 3.05) is 19.6 Å². The van der Waals surface area contributed by atoms with Gasteiger partial charge in [-0.15, -0.1) is 12.4 Å². The SMILES string of the molecule is Cl.[2H]c1c([2H])c([2H])c([C@@]2(C(=O)N(CC)CC)C[C@@H]2CN)c([2H])c1[2H]. The first-order valence-corrected chi connectivity index (χ1v) is 6.34. The van der Waals surface area contributed by atoms with Crippen LogP contribution in [0.3, 0.4) is 0 Å². The molecule has 1 aromatic rings. The van der Waals surface area contributed by atoms with Crippen molar-refractivity contribution in [2.24, 2.45) is 11.7 Å². The molecule has 4 heteroatoms. The second-order valence-corrected chi connectivity index (χ2v) is 4.59. The molecule has 0 bridgehead atoms. The van der Waals surface area contributed by atoms with Gasteiger partial charge in [-0.05, 0) is 38.3 Å². The maximum atomic E-state index is 13.0. The maximum Gasteiger partial charge on any atom is 0.233 e. The number of hydrogen-bond acceptors (Lipinski definition) is 2. The van der Waals surface area contributed by atoms with Crippen LogP contribution in [0, 0.1) is 5.92 Å². The Balaban J connectivity index is 0.00000288. The molecule has 1 aliphatic carbocycles. The Morgan fingerprint density at radius 2 is 2.00 bits per heavy atom. The van der Waals surface area contributed by atoms with Gasteiger partial charge in [0.1, 0.15) is 0 Å². The highest BCUT2D eigenvalue weighted by Crippen LogP contribution is 2.54. The van der Waals surface area contributed by atoms with Crippen LogP contribution in [0.5, 0.6) is 0 Å². The molecule has 0 aromatic heterocycles. The Hall–Kier alpha value is -1.06. The minimum atomic E-state index is -1.09. The number of carbonyl (C=O) groups excluding carboxylic acids is 1. The van der Waals surface area contributed by atoms with E-state index in [-0.39, 0.29) is 48.4 Å². The number of carbonyl (C=O) groups is 1. The van der Waals surface area contributed by atoms with Crippen molar-refractivity contribution < 1.29 is 11.6 Å². The van der Waals surface area contributed by atoms with E-state index in [4.69, 9.17) is 12.6 Å². The molecule has 19 heavy (non-hydrogen) atoms. The number of likely N-dealkylation sites (N-methyl/N-ethyl adjacent to an activating group) is 1. The second kappa shape index (κ2) is 6.40. The summed E-state index contributed by atoms with van der Waals surface area (Å²) in [6, 6.07) is -1.86. The lowest BCUT2D eigenvalue weighted by Crippen LogP contribution is -2.40. The van der Waals surface area contributed by atoms with E-state index in [1.807, 2.05) is 13.8 Å². The molecule has 0 unspecified atom stereocenters. The van der Waals surface area contributed by atoms with Gasteiger partial charge in [-0.25, -0.2) is 0 Å². The molecule has 0 aliphatic heterocycles. The standard InChI is InChI=1S/C15H22N2O.ClH/c1-3-17(4-2)14(18)15(10-13(15)11-16)12-8-6-5-7-9-12;/h5-9,13H,3-4,10-11,16H2,1-2H3;1H/t13-,15+;/m1./s1/i5D,6D,7D,8D,9D;. The van der Waals surface area contributed by atoms with Gasteiger partial charge in [0.2, 0.25) is 5.91 Å². The minimum absolute atomic E-state index is 0. The topological polar surface area (TPSA) is 46.3 Å². The van der Waals surface area contributed by atoms with Gasteiger partial charge in [0, 0.05) is 13.1 Å². The molecule has 0 radical (unpaired) electrons. The lowest BCUT2D eigenvalue weighted by molar-refractivity contribution is -0.134. The summed E-state index contributed by atoms with van der Waals surface area (Å²) in [6.07, 6.45) is 0.423. The molecule has 1 fully saturated rings. The Kier molecular flexibility index (Phi) is 3.29. The van der Waals surface area contributed by atoms with E-state index in [0.717, 1.165) is 0 Å². The number of rotatable bonds is 5. The van der Waals surface area contributed by atoms with Crippen molar-refractivity contribution >= 4 is 18.3 Å². The highest BCUT2D eigenvalue weighted by molar-refractivity contribution is 5.92. The normalized spacial score (nSPS) is 28.2. The molecule has 0 spiro atoms. The van der Waals surface area contributed by atoms with Crippen LogP contribution < -0.4 is 5.73 Å². The molecule has 3 nitrogen and oxygen atoms in total. The fourth-order valence-corrected chi connectivity index (χ4v) is 2.56. The predicted octanol–water partition coefficient (Wildman–Crippen LogP) is 2.19. The third kappa shape index (κ3) is 2.63. The average molecular weight is 288 g/mol. The summed E-state index contributed by atoms with van der Waals surface area (Å²) in [7, 11) is 0. The fraction of sp³-hybridized carbons (Fsp3) is 0.533. The van der Waals surface area contributed by atoms with E-state index in [1.165, 1.54) is 0 Å². The van der Waals surface area contributed by atoms with Crippen molar-refractivity contribution in [1.29, 1.82) is 0 Å². The lowest BCUT2D eigenvalue weighted by Gasteiger charge is -2.26. The Labute approximate surface area is 128 Å². The first kappa shape index (κ1) is 9.78. The number of benzene rings is 1. The molecule has 1 amide bonds. The molecule has 1 aromatic carbocycles. The van der Waals surface area contributed by atoms with Crippen LogP contribution in [0.15, 0.2) is 30.2 Å². The Morgan fingerprint density at radius 3 is 2.42 bits per heavy atom. The smallest absolute Gasteiger partial charge is 0.233 e. The van der Waals surface area contributed by atoms with Crippen molar-refractivity contribution in [3.05, 3.63) is 35.8 Å². The molecule has 1 aliphatic rings. The molecule has 2 atom stereocenters. The zero-order chi connectivity index (χ0) is 17.5. The summed E-state index contributed by atoms with van der Waals surface area (Å²) < 4.78 is 39.7. The number of hydrogen-bond donors (Lipinski definition) is 1. The van der Waals surface area contributed by atoms with Crippen LogP contribution in [0.1, 0.15) is 32.7 Å². The Bertz CT molecular complexity index is 624. The van der Waals surface area contributed by atoms with Crippen LogP contribution in [-0.2, 0) is 10.2 Å². The summed E-state index contributed by atoms with van der Waals surface area (Å²) in [4.78, 5) is 14.6. The van der Waals surface area contributed by atoms with Gasteiger partial charge in [-0.1, -0.05) is 30.2 Å². The maximum absolute atomic E-state index is 13.0. The van der Waals surface area contributed by atoms with E-state index in [2.05, 4.69) is 0 Å².